The van der Waals surface area contributed by atoms with Crippen molar-refractivity contribution in [3.05, 3.63) is 38.3 Å². The van der Waals surface area contributed by atoms with Crippen molar-refractivity contribution in [2.24, 2.45) is 5.92 Å². The minimum atomic E-state index is -0.429. The Kier molecular flexibility index (Phi) is 3.65. The largest absolute Gasteiger partial charge is 0.338 e. The van der Waals surface area contributed by atoms with Crippen LogP contribution in [0.15, 0.2) is 22.7 Å². The molecule has 2 rings (SSSR count). The number of nitro groups is 1. The summed E-state index contributed by atoms with van der Waals surface area (Å²) in [7, 11) is 0. The van der Waals surface area contributed by atoms with Gasteiger partial charge in [0.2, 0.25) is 5.91 Å². The number of carbonyl (C=O) groups is 1. The highest BCUT2D eigenvalue weighted by Gasteiger charge is 2.27. The Morgan fingerprint density at radius 2 is 2.28 bits per heavy atom. The average molecular weight is 313 g/mol. The third kappa shape index (κ3) is 2.53. The fourth-order valence-corrected chi connectivity index (χ4v) is 2.69. The van der Waals surface area contributed by atoms with E-state index in [9.17, 15) is 14.9 Å². The van der Waals surface area contributed by atoms with E-state index in [-0.39, 0.29) is 11.6 Å². The molecule has 1 amide bonds. The van der Waals surface area contributed by atoms with Gasteiger partial charge in [0.25, 0.3) is 5.69 Å². The second-order valence-electron chi connectivity index (χ2n) is 4.59. The van der Waals surface area contributed by atoms with Crippen LogP contribution in [0.4, 0.5) is 5.69 Å². The van der Waals surface area contributed by atoms with Crippen molar-refractivity contribution < 1.29 is 9.72 Å². The Bertz CT molecular complexity index is 504. The van der Waals surface area contributed by atoms with Gasteiger partial charge in [-0.2, -0.15) is 0 Å². The molecule has 0 N–H and O–H groups in total. The molecule has 1 aliphatic rings. The van der Waals surface area contributed by atoms with Crippen LogP contribution >= 0.6 is 15.9 Å². The van der Waals surface area contributed by atoms with Gasteiger partial charge in [0, 0.05) is 25.6 Å². The molecule has 1 aliphatic heterocycles. The highest BCUT2D eigenvalue weighted by atomic mass is 79.9. The number of nitrogens with zero attached hydrogens (tertiary/aromatic N) is 2. The maximum atomic E-state index is 11.7. The molecular weight excluding hydrogens is 300 g/mol. The van der Waals surface area contributed by atoms with Crippen molar-refractivity contribution in [2.75, 3.05) is 6.54 Å². The van der Waals surface area contributed by atoms with Crippen LogP contribution in [0.1, 0.15) is 18.9 Å². The molecule has 1 saturated heterocycles. The molecule has 5 nitrogen and oxygen atoms in total. The lowest BCUT2D eigenvalue weighted by atomic mass is 10.1. The Morgan fingerprint density at radius 3 is 2.83 bits per heavy atom. The van der Waals surface area contributed by atoms with Gasteiger partial charge in [-0.05, 0) is 27.4 Å². The number of likely N-dealkylation sites (tertiary alicyclic amines) is 1. The van der Waals surface area contributed by atoms with Crippen LogP contribution in [0.5, 0.6) is 0 Å². The third-order valence-electron chi connectivity index (χ3n) is 3.02. The van der Waals surface area contributed by atoms with Gasteiger partial charge in [-0.3, -0.25) is 14.9 Å². The first-order valence-corrected chi connectivity index (χ1v) is 6.48. The molecule has 0 spiro atoms. The highest BCUT2D eigenvalue weighted by molar-refractivity contribution is 9.10. The molecule has 1 unspecified atom stereocenters. The number of nitro benzene ring substituents is 1. The van der Waals surface area contributed by atoms with Gasteiger partial charge in [-0.15, -0.1) is 0 Å². The molecule has 0 aromatic heterocycles. The molecule has 0 aliphatic carbocycles. The summed E-state index contributed by atoms with van der Waals surface area (Å²) in [6.07, 6.45) is 0.562. The van der Waals surface area contributed by atoms with E-state index >= 15 is 0 Å². The van der Waals surface area contributed by atoms with E-state index in [0.717, 1.165) is 5.56 Å². The summed E-state index contributed by atoms with van der Waals surface area (Å²) in [5.74, 6) is 0.468. The zero-order chi connectivity index (χ0) is 13.3. The number of hydrogen-bond acceptors (Lipinski definition) is 3. The first-order valence-electron chi connectivity index (χ1n) is 5.68. The van der Waals surface area contributed by atoms with Crippen molar-refractivity contribution in [3.8, 4) is 0 Å². The molecule has 1 aromatic carbocycles. The van der Waals surface area contributed by atoms with Gasteiger partial charge in [0.05, 0.1) is 4.92 Å². The summed E-state index contributed by atoms with van der Waals surface area (Å²) >= 11 is 3.24. The molecule has 1 aromatic rings. The number of benzene rings is 1. The smallest absolute Gasteiger partial charge is 0.283 e. The maximum Gasteiger partial charge on any atom is 0.283 e. The van der Waals surface area contributed by atoms with Crippen molar-refractivity contribution in [3.63, 3.8) is 0 Å². The number of rotatable bonds is 3. The van der Waals surface area contributed by atoms with Crippen LogP contribution in [0.25, 0.3) is 0 Å². The molecule has 0 bridgehead atoms. The number of carbonyl (C=O) groups excluding carboxylic acids is 1. The van der Waals surface area contributed by atoms with E-state index in [1.807, 2.05) is 6.92 Å². The van der Waals surface area contributed by atoms with E-state index in [4.69, 9.17) is 0 Å². The van der Waals surface area contributed by atoms with E-state index in [0.29, 0.717) is 29.9 Å². The van der Waals surface area contributed by atoms with E-state index in [2.05, 4.69) is 15.9 Å². The lowest BCUT2D eigenvalue weighted by Crippen LogP contribution is -2.24. The molecule has 0 saturated carbocycles. The van der Waals surface area contributed by atoms with Gasteiger partial charge in [0.1, 0.15) is 4.47 Å². The Labute approximate surface area is 113 Å². The van der Waals surface area contributed by atoms with E-state index < -0.39 is 4.92 Å². The Hall–Kier alpha value is -1.43. The molecule has 1 heterocycles. The quantitative estimate of drug-likeness (QED) is 0.636. The zero-order valence-electron chi connectivity index (χ0n) is 9.93. The molecule has 96 valence electrons. The molecule has 6 heteroatoms. The topological polar surface area (TPSA) is 63.5 Å². The SMILES string of the molecule is CC1CC(=O)N(Cc2cccc([N+](=O)[O-])c2Br)C1. The zero-order valence-corrected chi connectivity index (χ0v) is 11.5. The lowest BCUT2D eigenvalue weighted by Gasteiger charge is -2.16. The standard InChI is InChI=1S/C12H13BrN2O3/c1-8-5-11(16)14(6-8)7-9-3-2-4-10(12(9)13)15(17)18/h2-4,8H,5-7H2,1H3. The second-order valence-corrected chi connectivity index (χ2v) is 5.38. The minimum Gasteiger partial charge on any atom is -0.338 e. The predicted octanol–water partition coefficient (Wildman–Crippen LogP) is 2.73. The number of hydrogen-bond donors (Lipinski definition) is 0. The van der Waals surface area contributed by atoms with Gasteiger partial charge >= 0.3 is 0 Å². The Balaban J connectivity index is 2.22. The third-order valence-corrected chi connectivity index (χ3v) is 3.94. The minimum absolute atomic E-state index is 0.0344. The van der Waals surface area contributed by atoms with Crippen LogP contribution < -0.4 is 0 Å². The fraction of sp³-hybridized carbons (Fsp3) is 0.417. The van der Waals surface area contributed by atoms with E-state index in [1.165, 1.54) is 6.07 Å². The molecule has 1 atom stereocenters. The molecule has 1 fully saturated rings. The normalized spacial score (nSPS) is 19.3. The average Bonchev–Trinajstić information content (AvgIpc) is 2.60. The van der Waals surface area contributed by atoms with Crippen molar-refractivity contribution >= 4 is 27.5 Å². The summed E-state index contributed by atoms with van der Waals surface area (Å²) in [4.78, 5) is 23.8. The van der Waals surface area contributed by atoms with Gasteiger partial charge in [-0.25, -0.2) is 0 Å². The molecular formula is C12H13BrN2O3. The first-order chi connectivity index (χ1) is 8.49. The monoisotopic (exact) mass is 312 g/mol. The van der Waals surface area contributed by atoms with Crippen LogP contribution in [0.2, 0.25) is 0 Å². The van der Waals surface area contributed by atoms with Crippen LogP contribution in [-0.2, 0) is 11.3 Å². The summed E-state index contributed by atoms with van der Waals surface area (Å²) in [5.41, 5.74) is 0.804. The van der Waals surface area contributed by atoms with E-state index in [1.54, 1.807) is 17.0 Å². The molecule has 18 heavy (non-hydrogen) atoms. The highest BCUT2D eigenvalue weighted by Crippen LogP contribution is 2.30. The summed E-state index contributed by atoms with van der Waals surface area (Å²) in [6.45, 7) is 3.17. The lowest BCUT2D eigenvalue weighted by molar-refractivity contribution is -0.385. The van der Waals surface area contributed by atoms with Gasteiger partial charge in [-0.1, -0.05) is 19.1 Å². The fourth-order valence-electron chi connectivity index (χ4n) is 2.16. The number of amides is 1. The Morgan fingerprint density at radius 1 is 1.56 bits per heavy atom. The van der Waals surface area contributed by atoms with Crippen molar-refractivity contribution in [2.45, 2.75) is 19.9 Å². The van der Waals surface area contributed by atoms with Gasteiger partial charge < -0.3 is 4.90 Å². The maximum absolute atomic E-state index is 11.7. The van der Waals surface area contributed by atoms with Crippen LogP contribution in [0.3, 0.4) is 0 Å². The summed E-state index contributed by atoms with van der Waals surface area (Å²) in [6, 6.07) is 4.89. The van der Waals surface area contributed by atoms with Crippen LogP contribution in [0, 0.1) is 16.0 Å². The second kappa shape index (κ2) is 5.06. The van der Waals surface area contributed by atoms with Crippen LogP contribution in [-0.4, -0.2) is 22.3 Å². The number of halogens is 1. The van der Waals surface area contributed by atoms with Crippen molar-refractivity contribution in [1.82, 2.24) is 4.90 Å². The first kappa shape index (κ1) is 13.0. The summed E-state index contributed by atoms with van der Waals surface area (Å²) in [5, 5.41) is 10.8. The van der Waals surface area contributed by atoms with Crippen molar-refractivity contribution in [1.29, 1.82) is 0 Å². The predicted molar refractivity (Wildman–Crippen MR) is 70.0 cm³/mol. The van der Waals surface area contributed by atoms with Gasteiger partial charge in [0.15, 0.2) is 0 Å². The molecule has 0 radical (unpaired) electrons. The summed E-state index contributed by atoms with van der Waals surface area (Å²) < 4.78 is 0.461.